The van der Waals surface area contributed by atoms with Crippen molar-refractivity contribution in [3.05, 3.63) is 40.3 Å². The van der Waals surface area contributed by atoms with Crippen LogP contribution in [0.1, 0.15) is 40.1 Å². The van der Waals surface area contributed by atoms with Gasteiger partial charge in [0, 0.05) is 18.0 Å². The molecule has 2 amide bonds. The van der Waals surface area contributed by atoms with Crippen molar-refractivity contribution in [3.8, 4) is 11.5 Å². The lowest BCUT2D eigenvalue weighted by Crippen LogP contribution is -2.32. The summed E-state index contributed by atoms with van der Waals surface area (Å²) in [6.45, 7) is 1.08. The van der Waals surface area contributed by atoms with Crippen LogP contribution in [-0.2, 0) is 22.4 Å². The molecule has 2 heterocycles. The van der Waals surface area contributed by atoms with Crippen LogP contribution in [0, 0.1) is 0 Å². The van der Waals surface area contributed by atoms with Crippen LogP contribution in [-0.4, -0.2) is 44.8 Å². The molecule has 1 aliphatic carbocycles. The molecule has 2 N–H and O–H groups in total. The smallest absolute Gasteiger partial charge is 0.262 e. The van der Waals surface area contributed by atoms with Gasteiger partial charge in [-0.05, 0) is 49.8 Å². The Kier molecular flexibility index (Phi) is 6.54. The van der Waals surface area contributed by atoms with E-state index in [1.54, 1.807) is 19.2 Å². The van der Waals surface area contributed by atoms with Gasteiger partial charge in [-0.3, -0.25) is 9.59 Å². The van der Waals surface area contributed by atoms with Crippen LogP contribution in [0.15, 0.2) is 24.3 Å². The molecule has 1 saturated heterocycles. The number of hydrogen-bond acceptors (Lipinski definition) is 6. The zero-order valence-corrected chi connectivity index (χ0v) is 17.8. The predicted molar refractivity (Wildman–Crippen MR) is 115 cm³/mol. The summed E-state index contributed by atoms with van der Waals surface area (Å²) in [4.78, 5) is 26.6. The highest BCUT2D eigenvalue weighted by Crippen LogP contribution is 2.39. The minimum absolute atomic E-state index is 0.0768. The molecule has 8 heteroatoms. The molecule has 0 unspecified atom stereocenters. The standard InChI is InChI=1S/C22H26N2O5S/c1-27-16-8-2-3-9-17(16)29-13-19(25)24-22-20(15-7-4-10-18(15)30-22)21(26)23-12-14-6-5-11-28-14/h2-3,8-9,14H,4-7,10-13H2,1H3,(H,23,26)(H,24,25)/t14-/m1/s1. The van der Waals surface area contributed by atoms with Gasteiger partial charge < -0.3 is 24.8 Å². The van der Waals surface area contributed by atoms with Gasteiger partial charge in [0.15, 0.2) is 18.1 Å². The van der Waals surface area contributed by atoms with E-state index in [0.717, 1.165) is 44.3 Å². The number of thiophene rings is 1. The second kappa shape index (κ2) is 9.49. The first-order chi connectivity index (χ1) is 14.7. The van der Waals surface area contributed by atoms with E-state index in [1.165, 1.54) is 16.2 Å². The van der Waals surface area contributed by atoms with Crippen LogP contribution >= 0.6 is 11.3 Å². The van der Waals surface area contributed by atoms with Crippen molar-refractivity contribution in [2.75, 3.05) is 32.2 Å². The van der Waals surface area contributed by atoms with Crippen LogP contribution in [0.4, 0.5) is 5.00 Å². The maximum atomic E-state index is 12.9. The minimum Gasteiger partial charge on any atom is -0.493 e. The quantitative estimate of drug-likeness (QED) is 0.672. The Labute approximate surface area is 179 Å². The van der Waals surface area contributed by atoms with Crippen molar-refractivity contribution in [1.29, 1.82) is 0 Å². The number of ether oxygens (including phenoxy) is 3. The van der Waals surface area contributed by atoms with Gasteiger partial charge in [0.2, 0.25) is 0 Å². The fraction of sp³-hybridized carbons (Fsp3) is 0.455. The van der Waals surface area contributed by atoms with Crippen LogP contribution in [0.5, 0.6) is 11.5 Å². The Hall–Kier alpha value is -2.58. The molecule has 2 aromatic rings. The van der Waals surface area contributed by atoms with Gasteiger partial charge in [-0.25, -0.2) is 0 Å². The van der Waals surface area contributed by atoms with E-state index in [-0.39, 0.29) is 24.5 Å². The van der Waals surface area contributed by atoms with E-state index in [2.05, 4.69) is 10.6 Å². The van der Waals surface area contributed by atoms with E-state index < -0.39 is 0 Å². The Morgan fingerprint density at radius 3 is 2.80 bits per heavy atom. The Bertz CT molecular complexity index is 920. The lowest BCUT2D eigenvalue weighted by atomic mass is 10.1. The number of nitrogens with one attached hydrogen (secondary N) is 2. The van der Waals surface area contributed by atoms with E-state index in [1.807, 2.05) is 12.1 Å². The fourth-order valence-electron chi connectivity index (χ4n) is 3.88. The Balaban J connectivity index is 1.42. The summed E-state index contributed by atoms with van der Waals surface area (Å²) < 4.78 is 16.4. The molecule has 0 radical (unpaired) electrons. The SMILES string of the molecule is COc1ccccc1OCC(=O)Nc1sc2c(c1C(=O)NC[C@H]1CCCO1)CCC2. The number of carbonyl (C=O) groups excluding carboxylic acids is 2. The van der Waals surface area contributed by atoms with Gasteiger partial charge in [-0.2, -0.15) is 0 Å². The van der Waals surface area contributed by atoms with Crippen LogP contribution in [0.2, 0.25) is 0 Å². The van der Waals surface area contributed by atoms with E-state index in [0.29, 0.717) is 28.6 Å². The summed E-state index contributed by atoms with van der Waals surface area (Å²) in [6.07, 6.45) is 4.92. The molecule has 0 saturated carbocycles. The second-order valence-corrected chi connectivity index (χ2v) is 8.50. The summed E-state index contributed by atoms with van der Waals surface area (Å²) in [6, 6.07) is 7.17. The molecule has 7 nitrogen and oxygen atoms in total. The molecule has 1 aliphatic heterocycles. The number of anilines is 1. The Morgan fingerprint density at radius 2 is 2.03 bits per heavy atom. The zero-order chi connectivity index (χ0) is 20.9. The van der Waals surface area contributed by atoms with Gasteiger partial charge in [0.25, 0.3) is 11.8 Å². The normalized spacial score (nSPS) is 17.4. The molecule has 1 fully saturated rings. The average molecular weight is 431 g/mol. The number of aryl methyl sites for hydroxylation is 1. The van der Waals surface area contributed by atoms with Crippen LogP contribution in [0.25, 0.3) is 0 Å². The molecular formula is C22H26N2O5S. The molecular weight excluding hydrogens is 404 g/mol. The monoisotopic (exact) mass is 430 g/mol. The number of rotatable bonds is 8. The number of fused-ring (bicyclic) bond motifs is 1. The maximum absolute atomic E-state index is 12.9. The van der Waals surface area contributed by atoms with Crippen molar-refractivity contribution in [2.24, 2.45) is 0 Å². The highest BCUT2D eigenvalue weighted by Gasteiger charge is 2.28. The van der Waals surface area contributed by atoms with Gasteiger partial charge in [0.1, 0.15) is 5.00 Å². The van der Waals surface area contributed by atoms with Crippen molar-refractivity contribution in [3.63, 3.8) is 0 Å². The van der Waals surface area contributed by atoms with Crippen LogP contribution < -0.4 is 20.1 Å². The summed E-state index contributed by atoms with van der Waals surface area (Å²) in [5.74, 6) is 0.604. The molecule has 160 valence electrons. The highest BCUT2D eigenvalue weighted by molar-refractivity contribution is 7.17. The number of carbonyl (C=O) groups is 2. The third-order valence-electron chi connectivity index (χ3n) is 5.34. The summed E-state index contributed by atoms with van der Waals surface area (Å²) in [5.41, 5.74) is 1.65. The van der Waals surface area contributed by atoms with Crippen molar-refractivity contribution < 1.29 is 23.8 Å². The minimum atomic E-state index is -0.311. The first-order valence-electron chi connectivity index (χ1n) is 10.3. The molecule has 1 aromatic heterocycles. The third kappa shape index (κ3) is 4.60. The second-order valence-electron chi connectivity index (χ2n) is 7.39. The molecule has 1 aromatic carbocycles. The Morgan fingerprint density at radius 1 is 1.20 bits per heavy atom. The number of methoxy groups -OCH3 is 1. The lowest BCUT2D eigenvalue weighted by molar-refractivity contribution is -0.118. The molecule has 2 aliphatic rings. The van der Waals surface area contributed by atoms with E-state index in [9.17, 15) is 9.59 Å². The molecule has 30 heavy (non-hydrogen) atoms. The number of hydrogen-bond donors (Lipinski definition) is 2. The first-order valence-corrected chi connectivity index (χ1v) is 11.1. The number of para-hydroxylation sites is 2. The maximum Gasteiger partial charge on any atom is 0.262 e. The van der Waals surface area contributed by atoms with E-state index >= 15 is 0 Å². The molecule has 0 bridgehead atoms. The van der Waals surface area contributed by atoms with Crippen molar-refractivity contribution in [1.82, 2.24) is 5.32 Å². The largest absolute Gasteiger partial charge is 0.493 e. The van der Waals surface area contributed by atoms with Gasteiger partial charge >= 0.3 is 0 Å². The third-order valence-corrected chi connectivity index (χ3v) is 6.55. The summed E-state index contributed by atoms with van der Waals surface area (Å²) >= 11 is 1.49. The van der Waals surface area contributed by atoms with Crippen molar-refractivity contribution >= 4 is 28.2 Å². The van der Waals surface area contributed by atoms with Gasteiger partial charge in [-0.1, -0.05) is 12.1 Å². The highest BCUT2D eigenvalue weighted by atomic mass is 32.1. The molecule has 1 atom stereocenters. The van der Waals surface area contributed by atoms with Gasteiger partial charge in [-0.15, -0.1) is 11.3 Å². The fourth-order valence-corrected chi connectivity index (χ4v) is 5.18. The van der Waals surface area contributed by atoms with E-state index in [4.69, 9.17) is 14.2 Å². The van der Waals surface area contributed by atoms with Gasteiger partial charge in [0.05, 0.1) is 18.8 Å². The zero-order valence-electron chi connectivity index (χ0n) is 17.0. The predicted octanol–water partition coefficient (Wildman–Crippen LogP) is 3.17. The first kappa shape index (κ1) is 20.7. The summed E-state index contributed by atoms with van der Waals surface area (Å²) in [7, 11) is 1.55. The molecule has 4 rings (SSSR count). The lowest BCUT2D eigenvalue weighted by Gasteiger charge is -2.13. The molecule has 0 spiro atoms. The van der Waals surface area contributed by atoms with Crippen molar-refractivity contribution in [2.45, 2.75) is 38.2 Å². The summed E-state index contributed by atoms with van der Waals surface area (Å²) in [5, 5.41) is 6.46. The number of benzene rings is 1. The average Bonchev–Trinajstić information content (AvgIpc) is 3.48. The number of amides is 2. The topological polar surface area (TPSA) is 85.9 Å². The van der Waals surface area contributed by atoms with Crippen LogP contribution in [0.3, 0.4) is 0 Å².